The second-order valence-electron chi connectivity index (χ2n) is 2.22. The van der Waals surface area contributed by atoms with Crippen LogP contribution in [0.3, 0.4) is 0 Å². The predicted molar refractivity (Wildman–Crippen MR) is 57.5 cm³/mol. The van der Waals surface area contributed by atoms with Crippen LogP contribution in [0.4, 0.5) is 0 Å². The highest BCUT2D eigenvalue weighted by molar-refractivity contribution is 5.18. The second kappa shape index (κ2) is 8.38. The summed E-state index contributed by atoms with van der Waals surface area (Å²) in [4.78, 5) is 0. The van der Waals surface area contributed by atoms with E-state index in [1.165, 1.54) is 6.08 Å². The van der Waals surface area contributed by atoms with Crippen molar-refractivity contribution in [2.24, 2.45) is 0 Å². The standard InChI is InChI=1S/C12H14O/c1-3-5-7-8-9-11-12(13)10-6-4-2/h3-8,10-11,13H,1H2,2H3/b6-4-,7-5-,12-10+. The minimum atomic E-state index is 0.182. The minimum Gasteiger partial charge on any atom is -0.507 e. The molecule has 0 aliphatic carbocycles. The molecule has 0 aromatic heterocycles. The van der Waals surface area contributed by atoms with Gasteiger partial charge in [0.1, 0.15) is 5.76 Å². The average Bonchev–Trinajstić information content (AvgIpc) is 2.14. The number of rotatable bonds is 4. The summed E-state index contributed by atoms with van der Waals surface area (Å²) in [6.45, 7) is 5.40. The summed E-state index contributed by atoms with van der Waals surface area (Å²) in [6, 6.07) is 0. The molecule has 0 saturated carbocycles. The Hall–Kier alpha value is -1.72. The van der Waals surface area contributed by atoms with Gasteiger partial charge in [-0.15, -0.1) is 5.73 Å². The lowest BCUT2D eigenvalue weighted by atomic mass is 10.4. The van der Waals surface area contributed by atoms with Gasteiger partial charge >= 0.3 is 0 Å². The number of hydrogen-bond donors (Lipinski definition) is 1. The average molecular weight is 174 g/mol. The van der Waals surface area contributed by atoms with Gasteiger partial charge < -0.3 is 5.11 Å². The van der Waals surface area contributed by atoms with E-state index in [1.54, 1.807) is 36.5 Å². The minimum absolute atomic E-state index is 0.182. The van der Waals surface area contributed by atoms with Gasteiger partial charge in [-0.25, -0.2) is 0 Å². The van der Waals surface area contributed by atoms with E-state index >= 15 is 0 Å². The van der Waals surface area contributed by atoms with Crippen LogP contribution in [0.5, 0.6) is 0 Å². The van der Waals surface area contributed by atoms with Gasteiger partial charge in [0.2, 0.25) is 0 Å². The molecule has 1 nitrogen and oxygen atoms in total. The molecule has 0 fully saturated rings. The molecule has 0 aliphatic rings. The predicted octanol–water partition coefficient (Wildman–Crippen LogP) is 3.46. The zero-order chi connectivity index (χ0) is 9.94. The van der Waals surface area contributed by atoms with Crippen LogP contribution in [0, 0.1) is 0 Å². The summed E-state index contributed by atoms with van der Waals surface area (Å²) in [6.07, 6.45) is 13.6. The lowest BCUT2D eigenvalue weighted by Crippen LogP contribution is -1.68. The maximum Gasteiger partial charge on any atom is 0.123 e. The van der Waals surface area contributed by atoms with E-state index in [4.69, 9.17) is 5.11 Å². The van der Waals surface area contributed by atoms with Crippen molar-refractivity contribution in [1.82, 2.24) is 0 Å². The third kappa shape index (κ3) is 8.18. The number of aliphatic hydroxyl groups excluding tert-OH is 1. The highest BCUT2D eigenvalue weighted by atomic mass is 16.3. The molecular formula is C12H14O. The van der Waals surface area contributed by atoms with E-state index in [1.807, 2.05) is 13.0 Å². The Bertz CT molecular complexity index is 284. The molecule has 0 spiro atoms. The van der Waals surface area contributed by atoms with Crippen LogP contribution in [0.25, 0.3) is 0 Å². The number of allylic oxidation sites excluding steroid dienone is 7. The summed E-state index contributed by atoms with van der Waals surface area (Å²) < 4.78 is 0. The van der Waals surface area contributed by atoms with Gasteiger partial charge in [0.05, 0.1) is 0 Å². The van der Waals surface area contributed by atoms with Gasteiger partial charge in [-0.05, 0) is 19.1 Å². The van der Waals surface area contributed by atoms with Crippen LogP contribution in [0.15, 0.2) is 66.7 Å². The van der Waals surface area contributed by atoms with E-state index in [-0.39, 0.29) is 5.76 Å². The lowest BCUT2D eigenvalue weighted by molar-refractivity contribution is 0.433. The Balaban J connectivity index is 4.17. The second-order valence-corrected chi connectivity index (χ2v) is 2.22. The van der Waals surface area contributed by atoms with Crippen molar-refractivity contribution in [2.45, 2.75) is 6.92 Å². The van der Waals surface area contributed by atoms with Crippen molar-refractivity contribution in [3.63, 3.8) is 0 Å². The van der Waals surface area contributed by atoms with E-state index in [9.17, 15) is 0 Å². The molecule has 0 saturated heterocycles. The van der Waals surface area contributed by atoms with E-state index in [2.05, 4.69) is 12.3 Å². The van der Waals surface area contributed by atoms with Gasteiger partial charge in [0.15, 0.2) is 0 Å². The molecule has 1 N–H and O–H groups in total. The van der Waals surface area contributed by atoms with Crippen LogP contribution in [-0.4, -0.2) is 5.11 Å². The summed E-state index contributed by atoms with van der Waals surface area (Å²) >= 11 is 0. The molecule has 13 heavy (non-hydrogen) atoms. The van der Waals surface area contributed by atoms with Crippen LogP contribution >= 0.6 is 0 Å². The van der Waals surface area contributed by atoms with Gasteiger partial charge in [-0.1, -0.05) is 37.0 Å². The molecule has 1 heteroatoms. The normalized spacial score (nSPS) is 11.6. The van der Waals surface area contributed by atoms with Gasteiger partial charge in [0, 0.05) is 6.08 Å². The first-order valence-corrected chi connectivity index (χ1v) is 4.03. The Kier molecular flexibility index (Phi) is 7.27. The quantitative estimate of drug-likeness (QED) is 0.393. The molecule has 68 valence electrons. The largest absolute Gasteiger partial charge is 0.507 e. The van der Waals surface area contributed by atoms with E-state index < -0.39 is 0 Å². The fourth-order valence-corrected chi connectivity index (χ4v) is 0.566. The van der Waals surface area contributed by atoms with Gasteiger partial charge in [-0.3, -0.25) is 0 Å². The fourth-order valence-electron chi connectivity index (χ4n) is 0.566. The molecular weight excluding hydrogens is 160 g/mol. The maximum atomic E-state index is 9.16. The summed E-state index contributed by atoms with van der Waals surface area (Å²) in [7, 11) is 0. The van der Waals surface area contributed by atoms with Crippen molar-refractivity contribution in [2.75, 3.05) is 0 Å². The van der Waals surface area contributed by atoms with Gasteiger partial charge in [-0.2, -0.15) is 0 Å². The molecule has 0 atom stereocenters. The zero-order valence-corrected chi connectivity index (χ0v) is 7.77. The Labute approximate surface area is 79.4 Å². The molecule has 0 heterocycles. The summed E-state index contributed by atoms with van der Waals surface area (Å²) in [5.74, 6) is 0.182. The molecule has 0 rings (SSSR count). The van der Waals surface area contributed by atoms with Crippen molar-refractivity contribution in [1.29, 1.82) is 0 Å². The smallest absolute Gasteiger partial charge is 0.123 e. The number of hydrogen-bond acceptors (Lipinski definition) is 1. The first kappa shape index (κ1) is 11.3. The third-order valence-electron chi connectivity index (χ3n) is 1.13. The van der Waals surface area contributed by atoms with Crippen LogP contribution in [0.2, 0.25) is 0 Å². The lowest BCUT2D eigenvalue weighted by Gasteiger charge is -1.82. The summed E-state index contributed by atoms with van der Waals surface area (Å²) in [5, 5.41) is 9.16. The van der Waals surface area contributed by atoms with Crippen LogP contribution in [0.1, 0.15) is 6.92 Å². The van der Waals surface area contributed by atoms with E-state index in [0.717, 1.165) is 0 Å². The fraction of sp³-hybridized carbons (Fsp3) is 0.0833. The SMILES string of the molecule is C=C/C=C\C=C=C/C(O)=C\C=C/C. The van der Waals surface area contributed by atoms with Crippen LogP contribution < -0.4 is 0 Å². The monoisotopic (exact) mass is 174 g/mol. The first-order chi connectivity index (χ1) is 6.31. The van der Waals surface area contributed by atoms with Gasteiger partial charge in [0.25, 0.3) is 0 Å². The zero-order valence-electron chi connectivity index (χ0n) is 7.77. The molecule has 0 bridgehead atoms. The Morgan fingerprint density at radius 2 is 2.08 bits per heavy atom. The Morgan fingerprint density at radius 3 is 2.69 bits per heavy atom. The first-order valence-electron chi connectivity index (χ1n) is 4.03. The molecule has 0 aliphatic heterocycles. The highest BCUT2D eigenvalue weighted by Crippen LogP contribution is 1.90. The number of aliphatic hydroxyl groups is 1. The van der Waals surface area contributed by atoms with Crippen molar-refractivity contribution >= 4 is 0 Å². The maximum absolute atomic E-state index is 9.16. The Morgan fingerprint density at radius 1 is 1.31 bits per heavy atom. The molecule has 0 aromatic rings. The summed E-state index contributed by atoms with van der Waals surface area (Å²) in [5.41, 5.74) is 2.79. The van der Waals surface area contributed by atoms with Crippen LogP contribution in [-0.2, 0) is 0 Å². The molecule has 0 amide bonds. The molecule has 0 radical (unpaired) electrons. The topological polar surface area (TPSA) is 20.2 Å². The van der Waals surface area contributed by atoms with E-state index in [0.29, 0.717) is 0 Å². The molecule has 0 unspecified atom stereocenters. The highest BCUT2D eigenvalue weighted by Gasteiger charge is 1.76. The molecule has 0 aromatic carbocycles. The third-order valence-corrected chi connectivity index (χ3v) is 1.13. The van der Waals surface area contributed by atoms with Crippen molar-refractivity contribution < 1.29 is 5.11 Å². The van der Waals surface area contributed by atoms with Crippen molar-refractivity contribution in [3.8, 4) is 0 Å². The van der Waals surface area contributed by atoms with Crippen molar-refractivity contribution in [3.05, 3.63) is 66.7 Å².